The number of hydrogen-bond acceptors (Lipinski definition) is 4. The molecule has 24 heavy (non-hydrogen) atoms. The third-order valence-electron chi connectivity index (χ3n) is 5.18. The van der Waals surface area contributed by atoms with E-state index in [0.717, 1.165) is 0 Å². The number of carbonyl (C=O) groups excluding carboxylic acids is 1. The summed E-state index contributed by atoms with van der Waals surface area (Å²) in [5, 5.41) is 12.8. The standard InChI is InChI=1S/C17H20ClFN2O3/c1-10-4-5-11(18)12(14(10)19)13-15(22)17(20(2)16(13)23)6-8-21(24-3)9-7-17/h4-5,22H,6-9H2,1-3H3. The van der Waals surface area contributed by atoms with Gasteiger partial charge in [0.15, 0.2) is 0 Å². The molecule has 2 aliphatic heterocycles. The highest BCUT2D eigenvalue weighted by Crippen LogP contribution is 2.46. The number of benzene rings is 1. The van der Waals surface area contributed by atoms with Crippen LogP contribution in [0, 0.1) is 12.7 Å². The first-order valence-electron chi connectivity index (χ1n) is 7.79. The highest BCUT2D eigenvalue weighted by Gasteiger charge is 2.52. The van der Waals surface area contributed by atoms with Gasteiger partial charge in [0, 0.05) is 25.7 Å². The lowest BCUT2D eigenvalue weighted by Crippen LogP contribution is -2.53. The van der Waals surface area contributed by atoms with Gasteiger partial charge in [0.1, 0.15) is 17.1 Å². The van der Waals surface area contributed by atoms with E-state index in [4.69, 9.17) is 16.4 Å². The van der Waals surface area contributed by atoms with E-state index in [1.165, 1.54) is 4.90 Å². The quantitative estimate of drug-likeness (QED) is 0.887. The zero-order chi connectivity index (χ0) is 17.6. The number of likely N-dealkylation sites (N-methyl/N-ethyl adjacent to an activating group) is 1. The zero-order valence-electron chi connectivity index (χ0n) is 13.9. The normalized spacial score (nSPS) is 21.2. The summed E-state index contributed by atoms with van der Waals surface area (Å²) >= 11 is 6.15. The van der Waals surface area contributed by atoms with Gasteiger partial charge in [0.05, 0.1) is 17.7 Å². The number of halogens is 2. The smallest absolute Gasteiger partial charge is 0.258 e. The average Bonchev–Trinajstić information content (AvgIpc) is 2.75. The topological polar surface area (TPSA) is 53.0 Å². The molecule has 5 nitrogen and oxygen atoms in total. The molecule has 1 aromatic rings. The minimum absolute atomic E-state index is 0.0166. The van der Waals surface area contributed by atoms with E-state index in [2.05, 4.69) is 0 Å². The molecule has 2 heterocycles. The lowest BCUT2D eigenvalue weighted by molar-refractivity contribution is -0.162. The Kier molecular flexibility index (Phi) is 4.32. The van der Waals surface area contributed by atoms with Gasteiger partial charge in [-0.15, -0.1) is 0 Å². The molecule has 1 N–H and O–H groups in total. The first kappa shape index (κ1) is 17.2. The van der Waals surface area contributed by atoms with Crippen molar-refractivity contribution < 1.29 is 19.1 Å². The van der Waals surface area contributed by atoms with Crippen LogP contribution in [0.25, 0.3) is 5.57 Å². The van der Waals surface area contributed by atoms with Crippen molar-refractivity contribution in [2.75, 3.05) is 27.2 Å². The molecular weight excluding hydrogens is 335 g/mol. The molecule has 0 atom stereocenters. The van der Waals surface area contributed by atoms with Gasteiger partial charge in [0.2, 0.25) is 0 Å². The summed E-state index contributed by atoms with van der Waals surface area (Å²) in [4.78, 5) is 19.5. The molecule has 0 saturated carbocycles. The van der Waals surface area contributed by atoms with Crippen molar-refractivity contribution in [3.05, 3.63) is 39.9 Å². The largest absolute Gasteiger partial charge is 0.509 e. The van der Waals surface area contributed by atoms with Gasteiger partial charge in [-0.05, 0) is 31.4 Å². The Morgan fingerprint density at radius 1 is 1.33 bits per heavy atom. The fourth-order valence-electron chi connectivity index (χ4n) is 3.58. The number of amides is 1. The van der Waals surface area contributed by atoms with Crippen molar-refractivity contribution in [3.8, 4) is 0 Å². The van der Waals surface area contributed by atoms with E-state index in [1.54, 1.807) is 38.3 Å². The number of hydrogen-bond donors (Lipinski definition) is 1. The molecule has 0 aromatic heterocycles. The number of rotatable bonds is 2. The molecule has 1 fully saturated rings. The minimum Gasteiger partial charge on any atom is -0.509 e. The lowest BCUT2D eigenvalue weighted by Gasteiger charge is -2.42. The monoisotopic (exact) mass is 354 g/mol. The van der Waals surface area contributed by atoms with Crippen LogP contribution in [0.5, 0.6) is 0 Å². The number of aliphatic hydroxyl groups is 1. The minimum atomic E-state index is -0.832. The highest BCUT2D eigenvalue weighted by molar-refractivity contribution is 6.35. The van der Waals surface area contributed by atoms with Crippen LogP contribution in [0.15, 0.2) is 17.9 Å². The lowest BCUT2D eigenvalue weighted by atomic mass is 9.85. The fraction of sp³-hybridized carbons (Fsp3) is 0.471. The maximum atomic E-state index is 14.6. The molecule has 1 aromatic carbocycles. The SMILES string of the molecule is CON1CCC2(CC1)C(O)=C(c1c(Cl)ccc(C)c1F)C(=O)N2C. The highest BCUT2D eigenvalue weighted by atomic mass is 35.5. The summed E-state index contributed by atoms with van der Waals surface area (Å²) < 4.78 is 14.6. The number of nitrogens with zero attached hydrogens (tertiary/aromatic N) is 2. The predicted molar refractivity (Wildman–Crippen MR) is 89.0 cm³/mol. The summed E-state index contributed by atoms with van der Waals surface area (Å²) in [5.74, 6) is -1.08. The number of carbonyl (C=O) groups is 1. The molecule has 1 spiro atoms. The third-order valence-corrected chi connectivity index (χ3v) is 5.50. The average molecular weight is 355 g/mol. The summed E-state index contributed by atoms with van der Waals surface area (Å²) in [5.41, 5.74) is -0.507. The van der Waals surface area contributed by atoms with Crippen molar-refractivity contribution >= 4 is 23.1 Å². The van der Waals surface area contributed by atoms with Crippen molar-refractivity contribution in [1.29, 1.82) is 0 Å². The number of piperidine rings is 1. The Morgan fingerprint density at radius 3 is 2.54 bits per heavy atom. The molecule has 1 amide bonds. The summed E-state index contributed by atoms with van der Waals surface area (Å²) in [6, 6.07) is 3.09. The van der Waals surface area contributed by atoms with E-state index in [9.17, 15) is 14.3 Å². The van der Waals surface area contributed by atoms with Crippen molar-refractivity contribution in [3.63, 3.8) is 0 Å². The van der Waals surface area contributed by atoms with Gasteiger partial charge < -0.3 is 14.8 Å². The van der Waals surface area contributed by atoms with Crippen LogP contribution < -0.4 is 0 Å². The number of aryl methyl sites for hydroxylation is 1. The second kappa shape index (κ2) is 6.02. The molecule has 0 radical (unpaired) electrons. The Morgan fingerprint density at radius 2 is 1.96 bits per heavy atom. The van der Waals surface area contributed by atoms with Crippen LogP contribution >= 0.6 is 11.6 Å². The Bertz CT molecular complexity index is 727. The molecule has 0 aliphatic carbocycles. The molecule has 0 unspecified atom stereocenters. The van der Waals surface area contributed by atoms with Gasteiger partial charge in [-0.2, -0.15) is 5.06 Å². The molecule has 0 bridgehead atoms. The van der Waals surface area contributed by atoms with E-state index < -0.39 is 17.3 Å². The van der Waals surface area contributed by atoms with Crippen LogP contribution in [0.2, 0.25) is 5.02 Å². The van der Waals surface area contributed by atoms with Gasteiger partial charge in [0.25, 0.3) is 5.91 Å². The molecule has 2 aliphatic rings. The maximum absolute atomic E-state index is 14.6. The van der Waals surface area contributed by atoms with Crippen LogP contribution in [0.4, 0.5) is 4.39 Å². The van der Waals surface area contributed by atoms with Crippen LogP contribution in [-0.2, 0) is 9.63 Å². The molecular formula is C17H20ClFN2O3. The molecule has 1 saturated heterocycles. The third kappa shape index (κ3) is 2.32. The van der Waals surface area contributed by atoms with E-state index in [1.807, 2.05) is 0 Å². The zero-order valence-corrected chi connectivity index (χ0v) is 14.7. The van der Waals surface area contributed by atoms with Crippen molar-refractivity contribution in [2.24, 2.45) is 0 Å². The Labute approximate surface area is 145 Å². The van der Waals surface area contributed by atoms with Gasteiger partial charge >= 0.3 is 0 Å². The van der Waals surface area contributed by atoms with Gasteiger partial charge in [-0.1, -0.05) is 17.7 Å². The van der Waals surface area contributed by atoms with Gasteiger partial charge in [-0.25, -0.2) is 4.39 Å². The van der Waals surface area contributed by atoms with E-state index in [-0.39, 0.29) is 21.9 Å². The van der Waals surface area contributed by atoms with Gasteiger partial charge in [-0.3, -0.25) is 4.79 Å². The second-order valence-electron chi connectivity index (χ2n) is 6.28. The maximum Gasteiger partial charge on any atom is 0.258 e. The molecule has 130 valence electrons. The Balaban J connectivity index is 2.12. The van der Waals surface area contributed by atoms with E-state index >= 15 is 0 Å². The first-order chi connectivity index (χ1) is 11.3. The fourth-order valence-corrected chi connectivity index (χ4v) is 3.82. The van der Waals surface area contributed by atoms with Crippen LogP contribution in [0.3, 0.4) is 0 Å². The molecule has 7 heteroatoms. The number of aliphatic hydroxyl groups excluding tert-OH is 1. The van der Waals surface area contributed by atoms with Crippen LogP contribution in [0.1, 0.15) is 24.0 Å². The first-order valence-corrected chi connectivity index (χ1v) is 8.17. The van der Waals surface area contributed by atoms with Crippen molar-refractivity contribution in [1.82, 2.24) is 9.96 Å². The second-order valence-corrected chi connectivity index (χ2v) is 6.69. The summed E-state index contributed by atoms with van der Waals surface area (Å²) in [7, 11) is 3.22. The molecule has 3 rings (SSSR count). The van der Waals surface area contributed by atoms with Crippen molar-refractivity contribution in [2.45, 2.75) is 25.3 Å². The van der Waals surface area contributed by atoms with E-state index in [0.29, 0.717) is 31.5 Å². The predicted octanol–water partition coefficient (Wildman–Crippen LogP) is 2.92. The number of hydroxylamine groups is 2. The summed E-state index contributed by atoms with van der Waals surface area (Å²) in [6.45, 7) is 2.73. The Hall–Kier alpha value is -1.63. The van der Waals surface area contributed by atoms with Crippen LogP contribution in [-0.4, -0.2) is 53.8 Å². The summed E-state index contributed by atoms with van der Waals surface area (Å²) in [6.07, 6.45) is 1.01.